The Balaban J connectivity index is 2.01. The first-order chi connectivity index (χ1) is 18.0. The highest BCUT2D eigenvalue weighted by Gasteiger charge is 2.35. The number of para-hydroxylation sites is 1. The molecule has 0 bridgehead atoms. The average molecular weight is 558 g/mol. The summed E-state index contributed by atoms with van der Waals surface area (Å²) in [6.45, 7) is 7.21. The fourth-order valence-electron chi connectivity index (χ4n) is 4.15. The first-order valence-corrected chi connectivity index (χ1v) is 12.8. The average Bonchev–Trinajstić information content (AvgIpc) is 3.14. The molecule has 0 unspecified atom stereocenters. The van der Waals surface area contributed by atoms with E-state index in [0.717, 1.165) is 17.4 Å². The minimum Gasteiger partial charge on any atom is -0.502 e. The Morgan fingerprint density at radius 2 is 2.05 bits per heavy atom. The van der Waals surface area contributed by atoms with Gasteiger partial charge in [0.1, 0.15) is 11.8 Å². The molecule has 1 aliphatic heterocycles. The van der Waals surface area contributed by atoms with Crippen molar-refractivity contribution in [3.05, 3.63) is 93.6 Å². The van der Waals surface area contributed by atoms with Gasteiger partial charge in [0.15, 0.2) is 4.80 Å². The van der Waals surface area contributed by atoms with Crippen LogP contribution in [-0.4, -0.2) is 33.3 Å². The van der Waals surface area contributed by atoms with Crippen LogP contribution in [0.2, 0.25) is 5.02 Å². The molecule has 12 heteroatoms. The van der Waals surface area contributed by atoms with Crippen LogP contribution in [0, 0.1) is 10.1 Å². The zero-order chi connectivity index (χ0) is 27.7. The van der Waals surface area contributed by atoms with E-state index >= 15 is 0 Å². The van der Waals surface area contributed by atoms with Gasteiger partial charge >= 0.3 is 11.7 Å². The predicted octanol–water partition coefficient (Wildman–Crippen LogP) is 3.85. The van der Waals surface area contributed by atoms with Gasteiger partial charge in [-0.05, 0) is 45.9 Å². The van der Waals surface area contributed by atoms with Crippen molar-refractivity contribution in [2.24, 2.45) is 4.99 Å². The van der Waals surface area contributed by atoms with Crippen LogP contribution in [0.5, 0.6) is 11.5 Å². The Morgan fingerprint density at radius 3 is 2.71 bits per heavy atom. The van der Waals surface area contributed by atoms with Crippen LogP contribution < -0.4 is 19.6 Å². The number of thiazole rings is 1. The Bertz CT molecular complexity index is 1660. The second kappa shape index (κ2) is 10.8. The van der Waals surface area contributed by atoms with E-state index in [0.29, 0.717) is 21.8 Å². The number of hydrogen-bond acceptors (Lipinski definition) is 9. The van der Waals surface area contributed by atoms with Crippen molar-refractivity contribution < 1.29 is 24.3 Å². The summed E-state index contributed by atoms with van der Waals surface area (Å²) in [4.78, 5) is 42.3. The first-order valence-electron chi connectivity index (χ1n) is 11.7. The maximum Gasteiger partial charge on any atom is 0.338 e. The maximum atomic E-state index is 13.8. The number of phenols is 1. The van der Waals surface area contributed by atoms with Gasteiger partial charge in [0.25, 0.3) is 5.56 Å². The lowest BCUT2D eigenvalue weighted by Gasteiger charge is -2.26. The van der Waals surface area contributed by atoms with Crippen molar-refractivity contribution in [3.8, 4) is 11.5 Å². The van der Waals surface area contributed by atoms with Gasteiger partial charge in [0, 0.05) is 22.2 Å². The quantitative estimate of drug-likeness (QED) is 0.265. The van der Waals surface area contributed by atoms with Crippen LogP contribution >= 0.6 is 22.9 Å². The van der Waals surface area contributed by atoms with Crippen molar-refractivity contribution in [2.45, 2.75) is 39.8 Å². The van der Waals surface area contributed by atoms with Crippen LogP contribution in [-0.2, 0) is 9.53 Å². The van der Waals surface area contributed by atoms with Gasteiger partial charge in [0.2, 0.25) is 5.75 Å². The van der Waals surface area contributed by atoms with E-state index < -0.39 is 33.9 Å². The van der Waals surface area contributed by atoms with Gasteiger partial charge in [-0.3, -0.25) is 19.5 Å². The van der Waals surface area contributed by atoms with Gasteiger partial charge < -0.3 is 14.6 Å². The summed E-state index contributed by atoms with van der Waals surface area (Å²) >= 11 is 7.04. The third-order valence-corrected chi connectivity index (χ3v) is 6.86. The van der Waals surface area contributed by atoms with Crippen molar-refractivity contribution in [3.63, 3.8) is 0 Å². The molecule has 4 rings (SSSR count). The highest BCUT2D eigenvalue weighted by molar-refractivity contribution is 7.07. The molecule has 1 aliphatic rings. The zero-order valence-electron chi connectivity index (χ0n) is 20.9. The molecule has 0 amide bonds. The number of carbonyl (C=O) groups excluding carboxylic acids is 1. The lowest BCUT2D eigenvalue weighted by Crippen LogP contribution is -2.40. The molecule has 0 radical (unpaired) electrons. The number of phenolic OH excluding ortho intramolecular Hbond substituents is 1. The number of rotatable bonds is 7. The van der Waals surface area contributed by atoms with E-state index in [9.17, 15) is 24.8 Å². The van der Waals surface area contributed by atoms with Gasteiger partial charge in [0.05, 0.1) is 33.4 Å². The summed E-state index contributed by atoms with van der Waals surface area (Å²) in [5.74, 6) is -0.752. The molecular formula is C26H24ClN3O7S. The monoisotopic (exact) mass is 557 g/mol. The standard InChI is InChI=1S/C26H24ClN3O7S/c1-5-36-25(33)21-14(4)28-26-29(22(21)17-8-6-7-9-19(17)37-13(2)3)24(32)20(38-26)11-15-10-16(27)12-18(23(15)31)30(34)35/h6-13,22,31H,5H2,1-4H3/b20-11+/t22-/m0/s1. The number of aromatic nitrogens is 1. The number of hydrogen-bond donors (Lipinski definition) is 1. The van der Waals surface area contributed by atoms with E-state index in [4.69, 9.17) is 21.1 Å². The molecule has 0 saturated heterocycles. The Hall–Kier alpha value is -3.96. The minimum atomic E-state index is -0.912. The molecule has 10 nitrogen and oxygen atoms in total. The Kier molecular flexibility index (Phi) is 7.70. The highest BCUT2D eigenvalue weighted by atomic mass is 35.5. The molecular weight excluding hydrogens is 534 g/mol. The van der Waals surface area contributed by atoms with E-state index in [-0.39, 0.29) is 33.4 Å². The molecule has 0 fully saturated rings. The molecule has 0 aliphatic carbocycles. The molecule has 1 N–H and O–H groups in total. The zero-order valence-corrected chi connectivity index (χ0v) is 22.5. The number of esters is 1. The number of ether oxygens (including phenoxy) is 2. The summed E-state index contributed by atoms with van der Waals surface area (Å²) in [7, 11) is 0. The second-order valence-electron chi connectivity index (χ2n) is 8.63. The third-order valence-electron chi connectivity index (χ3n) is 5.66. The lowest BCUT2D eigenvalue weighted by atomic mass is 9.95. The smallest absolute Gasteiger partial charge is 0.338 e. The largest absolute Gasteiger partial charge is 0.502 e. The van der Waals surface area contributed by atoms with E-state index in [1.54, 1.807) is 38.1 Å². The number of allylic oxidation sites excluding steroid dienone is 1. The molecule has 0 saturated carbocycles. The van der Waals surface area contributed by atoms with Gasteiger partial charge in [-0.15, -0.1) is 0 Å². The van der Waals surface area contributed by atoms with Crippen LogP contribution in [0.1, 0.15) is 44.9 Å². The minimum absolute atomic E-state index is 0.00381. The normalized spacial score (nSPS) is 15.3. The molecule has 0 spiro atoms. The summed E-state index contributed by atoms with van der Waals surface area (Å²) < 4.78 is 12.8. The third kappa shape index (κ3) is 5.07. The highest BCUT2D eigenvalue weighted by Crippen LogP contribution is 2.37. The van der Waals surface area contributed by atoms with Crippen LogP contribution in [0.15, 0.2) is 57.5 Å². The Morgan fingerprint density at radius 1 is 1.34 bits per heavy atom. The van der Waals surface area contributed by atoms with E-state index in [2.05, 4.69) is 4.99 Å². The van der Waals surface area contributed by atoms with E-state index in [1.165, 1.54) is 16.7 Å². The fourth-order valence-corrected chi connectivity index (χ4v) is 5.41. The molecule has 1 atom stereocenters. The lowest BCUT2D eigenvalue weighted by molar-refractivity contribution is -0.385. The van der Waals surface area contributed by atoms with Crippen LogP contribution in [0.25, 0.3) is 6.08 Å². The first kappa shape index (κ1) is 27.1. The predicted molar refractivity (Wildman–Crippen MR) is 142 cm³/mol. The summed E-state index contributed by atoms with van der Waals surface area (Å²) in [6.07, 6.45) is 1.14. The van der Waals surface area contributed by atoms with Crippen molar-refractivity contribution in [1.29, 1.82) is 0 Å². The molecule has 3 aromatic rings. The number of nitrogens with zero attached hydrogens (tertiary/aromatic N) is 3. The van der Waals surface area contributed by atoms with Crippen LogP contribution in [0.4, 0.5) is 5.69 Å². The Labute approximate surface area is 225 Å². The van der Waals surface area contributed by atoms with Gasteiger partial charge in [-0.1, -0.05) is 41.1 Å². The molecule has 38 heavy (non-hydrogen) atoms. The van der Waals surface area contributed by atoms with Gasteiger partial charge in [-0.25, -0.2) is 9.79 Å². The van der Waals surface area contributed by atoms with Gasteiger partial charge in [-0.2, -0.15) is 0 Å². The van der Waals surface area contributed by atoms with Crippen LogP contribution in [0.3, 0.4) is 0 Å². The summed E-state index contributed by atoms with van der Waals surface area (Å²) in [6, 6.07) is 8.53. The number of benzene rings is 2. The van der Waals surface area contributed by atoms with Crippen molar-refractivity contribution in [2.75, 3.05) is 6.61 Å². The SMILES string of the molecule is CCOC(=O)C1=C(C)N=c2s/c(=C/c3cc(Cl)cc([N+](=O)[O-])c3O)c(=O)n2[C@H]1c1ccccc1OC(C)C. The number of aromatic hydroxyl groups is 1. The topological polar surface area (TPSA) is 133 Å². The number of halogens is 1. The fraction of sp³-hybridized carbons (Fsp3) is 0.269. The molecule has 2 aromatic carbocycles. The number of nitro groups is 1. The molecule has 198 valence electrons. The maximum absolute atomic E-state index is 13.8. The molecule has 1 aromatic heterocycles. The van der Waals surface area contributed by atoms with E-state index in [1.807, 2.05) is 13.8 Å². The number of nitro benzene ring substituents is 1. The van der Waals surface area contributed by atoms with Crippen molar-refractivity contribution >= 4 is 40.7 Å². The number of carbonyl (C=O) groups is 1. The van der Waals surface area contributed by atoms with Crippen molar-refractivity contribution in [1.82, 2.24) is 4.57 Å². The number of fused-ring (bicyclic) bond motifs is 1. The summed E-state index contributed by atoms with van der Waals surface area (Å²) in [5.41, 5.74) is 0.0149. The second-order valence-corrected chi connectivity index (χ2v) is 10.1. The molecule has 2 heterocycles. The summed E-state index contributed by atoms with van der Waals surface area (Å²) in [5, 5.41) is 21.8.